The molecule has 1 fully saturated rings. The van der Waals surface area contributed by atoms with Crippen molar-refractivity contribution in [2.45, 2.75) is 38.1 Å². The number of carbonyl (C=O) groups excluding carboxylic acids is 1. The summed E-state index contributed by atoms with van der Waals surface area (Å²) in [6.45, 7) is 0.632. The van der Waals surface area contributed by atoms with Crippen molar-refractivity contribution in [3.63, 3.8) is 0 Å². The average Bonchev–Trinajstić information content (AvgIpc) is 2.45. The number of aromatic nitrogens is 2. The number of rotatable bonds is 4. The van der Waals surface area contributed by atoms with Crippen molar-refractivity contribution < 1.29 is 14.7 Å². The Morgan fingerprint density at radius 3 is 2.80 bits per heavy atom. The number of carboxylic acid groups (broad SMARTS) is 1. The lowest BCUT2D eigenvalue weighted by atomic mass is 9.97. The van der Waals surface area contributed by atoms with E-state index in [1.165, 1.54) is 6.07 Å². The van der Waals surface area contributed by atoms with E-state index in [1.807, 2.05) is 0 Å². The summed E-state index contributed by atoms with van der Waals surface area (Å²) in [7, 11) is 0. The second-order valence-corrected chi connectivity index (χ2v) is 5.21. The summed E-state index contributed by atoms with van der Waals surface area (Å²) in [6, 6.07) is 3.03. The third-order valence-corrected chi connectivity index (χ3v) is 3.63. The minimum absolute atomic E-state index is 0.0372. The van der Waals surface area contributed by atoms with Crippen LogP contribution in [0, 0.1) is 0 Å². The van der Waals surface area contributed by atoms with Gasteiger partial charge in [-0.05, 0) is 37.8 Å². The Kier molecular flexibility index (Phi) is 4.89. The zero-order chi connectivity index (χ0) is 14.5. The van der Waals surface area contributed by atoms with Gasteiger partial charge in [0.25, 0.3) is 5.91 Å². The summed E-state index contributed by atoms with van der Waals surface area (Å²) in [5, 5.41) is 16.5. The van der Waals surface area contributed by atoms with E-state index in [0.717, 1.165) is 19.3 Å². The minimum atomic E-state index is -0.839. The fourth-order valence-corrected chi connectivity index (χ4v) is 2.54. The molecule has 1 aromatic rings. The van der Waals surface area contributed by atoms with Crippen molar-refractivity contribution in [2.24, 2.45) is 0 Å². The first-order chi connectivity index (χ1) is 9.58. The Morgan fingerprint density at radius 1 is 1.35 bits per heavy atom. The SMILES string of the molecule is O=C(O)CCC1CCCCN1C(=O)c1ccc(Cl)nn1. The van der Waals surface area contributed by atoms with Crippen molar-refractivity contribution in [1.29, 1.82) is 0 Å². The zero-order valence-corrected chi connectivity index (χ0v) is 11.7. The van der Waals surface area contributed by atoms with Crippen molar-refractivity contribution in [3.8, 4) is 0 Å². The topological polar surface area (TPSA) is 83.4 Å². The molecule has 20 heavy (non-hydrogen) atoms. The molecule has 0 spiro atoms. The number of carbonyl (C=O) groups is 2. The number of likely N-dealkylation sites (tertiary alicyclic amines) is 1. The highest BCUT2D eigenvalue weighted by atomic mass is 35.5. The number of aliphatic carboxylic acids is 1. The van der Waals surface area contributed by atoms with E-state index in [4.69, 9.17) is 16.7 Å². The highest BCUT2D eigenvalue weighted by Gasteiger charge is 2.28. The summed E-state index contributed by atoms with van der Waals surface area (Å²) in [4.78, 5) is 24.8. The smallest absolute Gasteiger partial charge is 0.303 e. The normalized spacial score (nSPS) is 18.9. The van der Waals surface area contributed by atoms with Gasteiger partial charge in [-0.1, -0.05) is 11.6 Å². The van der Waals surface area contributed by atoms with Crippen LogP contribution < -0.4 is 0 Å². The van der Waals surface area contributed by atoms with E-state index in [2.05, 4.69) is 10.2 Å². The van der Waals surface area contributed by atoms with Crippen LogP contribution >= 0.6 is 11.6 Å². The molecule has 7 heteroatoms. The molecule has 0 bridgehead atoms. The van der Waals surface area contributed by atoms with Crippen LogP contribution in [0.3, 0.4) is 0 Å². The number of carboxylic acids is 1. The van der Waals surface area contributed by atoms with Crippen LogP contribution in [0.25, 0.3) is 0 Å². The maximum absolute atomic E-state index is 12.4. The molecular weight excluding hydrogens is 282 g/mol. The molecular formula is C13H16ClN3O3. The largest absolute Gasteiger partial charge is 0.481 e. The summed E-state index contributed by atoms with van der Waals surface area (Å²) in [5.74, 6) is -1.04. The number of hydrogen-bond acceptors (Lipinski definition) is 4. The van der Waals surface area contributed by atoms with Crippen LogP contribution in [0.5, 0.6) is 0 Å². The number of hydrogen-bond donors (Lipinski definition) is 1. The molecule has 0 aromatic carbocycles. The van der Waals surface area contributed by atoms with Gasteiger partial charge in [0, 0.05) is 19.0 Å². The molecule has 0 aliphatic carbocycles. The Bertz CT molecular complexity index is 492. The molecule has 2 heterocycles. The molecule has 1 N–H and O–H groups in total. The highest BCUT2D eigenvalue weighted by molar-refractivity contribution is 6.29. The second kappa shape index (κ2) is 6.65. The van der Waals surface area contributed by atoms with Gasteiger partial charge in [-0.2, -0.15) is 0 Å². The van der Waals surface area contributed by atoms with Gasteiger partial charge in [0.1, 0.15) is 0 Å². The van der Waals surface area contributed by atoms with E-state index in [9.17, 15) is 9.59 Å². The van der Waals surface area contributed by atoms with Crippen LogP contribution in [-0.4, -0.2) is 44.7 Å². The quantitative estimate of drug-likeness (QED) is 0.919. The first-order valence-corrected chi connectivity index (χ1v) is 6.97. The lowest BCUT2D eigenvalue weighted by Crippen LogP contribution is -2.44. The maximum atomic E-state index is 12.4. The van der Waals surface area contributed by atoms with Crippen LogP contribution in [0.2, 0.25) is 5.15 Å². The average molecular weight is 298 g/mol. The van der Waals surface area contributed by atoms with Crippen molar-refractivity contribution in [2.75, 3.05) is 6.54 Å². The van der Waals surface area contributed by atoms with Gasteiger partial charge in [-0.15, -0.1) is 10.2 Å². The van der Waals surface area contributed by atoms with E-state index < -0.39 is 5.97 Å². The summed E-state index contributed by atoms with van der Waals surface area (Å²) < 4.78 is 0. The van der Waals surface area contributed by atoms with Crippen LogP contribution in [0.4, 0.5) is 0 Å². The monoisotopic (exact) mass is 297 g/mol. The highest BCUT2D eigenvalue weighted by Crippen LogP contribution is 2.22. The predicted octanol–water partition coefficient (Wildman–Crippen LogP) is 1.99. The molecule has 1 atom stereocenters. The minimum Gasteiger partial charge on any atom is -0.481 e. The fourth-order valence-electron chi connectivity index (χ4n) is 2.44. The Labute approximate surface area is 121 Å². The number of amides is 1. The fraction of sp³-hybridized carbons (Fsp3) is 0.538. The van der Waals surface area contributed by atoms with Crippen LogP contribution in [-0.2, 0) is 4.79 Å². The Morgan fingerprint density at radius 2 is 2.15 bits per heavy atom. The van der Waals surface area contributed by atoms with Gasteiger partial charge in [0.15, 0.2) is 10.8 Å². The van der Waals surface area contributed by atoms with Crippen LogP contribution in [0.1, 0.15) is 42.6 Å². The summed E-state index contributed by atoms with van der Waals surface area (Å²) in [6.07, 6.45) is 3.32. The molecule has 1 aliphatic heterocycles. The van der Waals surface area contributed by atoms with E-state index in [-0.39, 0.29) is 29.2 Å². The second-order valence-electron chi connectivity index (χ2n) is 4.82. The number of nitrogens with zero attached hydrogens (tertiary/aromatic N) is 3. The number of piperidine rings is 1. The molecule has 1 aromatic heterocycles. The van der Waals surface area contributed by atoms with Crippen molar-refractivity contribution in [1.82, 2.24) is 15.1 Å². The maximum Gasteiger partial charge on any atom is 0.303 e. The molecule has 0 radical (unpaired) electrons. The van der Waals surface area contributed by atoms with Gasteiger partial charge in [0.2, 0.25) is 0 Å². The molecule has 1 aliphatic rings. The first kappa shape index (κ1) is 14.7. The first-order valence-electron chi connectivity index (χ1n) is 6.60. The zero-order valence-electron chi connectivity index (χ0n) is 11.0. The number of halogens is 1. The van der Waals surface area contributed by atoms with Crippen molar-refractivity contribution >= 4 is 23.5 Å². The summed E-state index contributed by atoms with van der Waals surface area (Å²) >= 11 is 5.65. The van der Waals surface area contributed by atoms with Gasteiger partial charge in [-0.3, -0.25) is 9.59 Å². The third kappa shape index (κ3) is 3.66. The molecule has 1 saturated heterocycles. The van der Waals surface area contributed by atoms with Gasteiger partial charge in [-0.25, -0.2) is 0 Å². The summed E-state index contributed by atoms with van der Waals surface area (Å²) in [5.41, 5.74) is 0.247. The van der Waals surface area contributed by atoms with E-state index in [1.54, 1.807) is 11.0 Å². The predicted molar refractivity (Wildman–Crippen MR) is 72.6 cm³/mol. The lowest BCUT2D eigenvalue weighted by Gasteiger charge is -2.35. The molecule has 1 unspecified atom stereocenters. The van der Waals surface area contributed by atoms with Gasteiger partial charge in [0.05, 0.1) is 0 Å². The van der Waals surface area contributed by atoms with E-state index in [0.29, 0.717) is 13.0 Å². The molecule has 0 saturated carbocycles. The molecule has 6 nitrogen and oxygen atoms in total. The van der Waals surface area contributed by atoms with E-state index >= 15 is 0 Å². The Balaban J connectivity index is 2.08. The molecule has 1 amide bonds. The lowest BCUT2D eigenvalue weighted by molar-refractivity contribution is -0.137. The molecule has 2 rings (SSSR count). The van der Waals surface area contributed by atoms with Crippen molar-refractivity contribution in [3.05, 3.63) is 23.0 Å². The standard InChI is InChI=1S/C13H16ClN3O3/c14-11-6-5-10(15-16-11)13(20)17-8-2-1-3-9(17)4-7-12(18)19/h5-6,9H,1-4,7-8H2,(H,18,19). The molecule has 108 valence electrons. The van der Waals surface area contributed by atoms with Crippen LogP contribution in [0.15, 0.2) is 12.1 Å². The van der Waals surface area contributed by atoms with Gasteiger partial charge >= 0.3 is 5.97 Å². The Hall–Kier alpha value is -1.69. The van der Waals surface area contributed by atoms with Gasteiger partial charge < -0.3 is 10.0 Å². The third-order valence-electron chi connectivity index (χ3n) is 3.43.